The molecular formula is C14H15ClN2. The SMILES string of the molecule is C=CC1CCN(c2cc(Cl)ccc2C#N)CC1. The summed E-state index contributed by atoms with van der Waals surface area (Å²) >= 11 is 6.00. The van der Waals surface area contributed by atoms with Gasteiger partial charge in [0, 0.05) is 18.1 Å². The Bertz CT molecular complexity index is 454. The molecule has 1 heterocycles. The van der Waals surface area contributed by atoms with Crippen LogP contribution in [-0.2, 0) is 0 Å². The number of nitrogens with zero attached hydrogens (tertiary/aromatic N) is 2. The van der Waals surface area contributed by atoms with Gasteiger partial charge >= 0.3 is 0 Å². The zero-order valence-corrected chi connectivity index (χ0v) is 10.5. The van der Waals surface area contributed by atoms with Crippen molar-refractivity contribution in [2.24, 2.45) is 5.92 Å². The van der Waals surface area contributed by atoms with Crippen molar-refractivity contribution in [1.29, 1.82) is 5.26 Å². The van der Waals surface area contributed by atoms with E-state index in [4.69, 9.17) is 16.9 Å². The molecule has 1 aromatic carbocycles. The molecule has 0 aromatic heterocycles. The number of hydrogen-bond donors (Lipinski definition) is 0. The second-order valence-electron chi connectivity index (χ2n) is 4.33. The number of hydrogen-bond acceptors (Lipinski definition) is 2. The summed E-state index contributed by atoms with van der Waals surface area (Å²) in [6.07, 6.45) is 4.22. The third kappa shape index (κ3) is 2.62. The fraction of sp³-hybridized carbons (Fsp3) is 0.357. The predicted molar refractivity (Wildman–Crippen MR) is 71.3 cm³/mol. The Morgan fingerprint density at radius 3 is 2.71 bits per heavy atom. The number of rotatable bonds is 2. The molecule has 0 bridgehead atoms. The molecule has 0 N–H and O–H groups in total. The van der Waals surface area contributed by atoms with E-state index in [1.165, 1.54) is 0 Å². The molecule has 1 aliphatic rings. The lowest BCUT2D eigenvalue weighted by molar-refractivity contribution is 0.479. The third-order valence-corrected chi connectivity index (χ3v) is 3.53. The van der Waals surface area contributed by atoms with E-state index < -0.39 is 0 Å². The van der Waals surface area contributed by atoms with E-state index in [0.717, 1.165) is 31.6 Å². The highest BCUT2D eigenvalue weighted by Gasteiger charge is 2.19. The minimum absolute atomic E-state index is 0.607. The van der Waals surface area contributed by atoms with Gasteiger partial charge in [-0.2, -0.15) is 5.26 Å². The highest BCUT2D eigenvalue weighted by atomic mass is 35.5. The van der Waals surface area contributed by atoms with Crippen molar-refractivity contribution in [1.82, 2.24) is 0 Å². The van der Waals surface area contributed by atoms with E-state index in [1.807, 2.05) is 12.1 Å². The summed E-state index contributed by atoms with van der Waals surface area (Å²) in [5, 5.41) is 9.79. The van der Waals surface area contributed by atoms with Gasteiger partial charge in [0.2, 0.25) is 0 Å². The van der Waals surface area contributed by atoms with Crippen molar-refractivity contribution in [3.63, 3.8) is 0 Å². The fourth-order valence-electron chi connectivity index (χ4n) is 2.24. The molecule has 1 aromatic rings. The lowest BCUT2D eigenvalue weighted by atomic mass is 9.96. The molecule has 0 unspecified atom stereocenters. The van der Waals surface area contributed by atoms with Crippen LogP contribution in [0.1, 0.15) is 18.4 Å². The van der Waals surface area contributed by atoms with Crippen LogP contribution in [-0.4, -0.2) is 13.1 Å². The predicted octanol–water partition coefficient (Wildman–Crippen LogP) is 3.61. The number of allylic oxidation sites excluding steroid dienone is 1. The van der Waals surface area contributed by atoms with E-state index >= 15 is 0 Å². The molecule has 88 valence electrons. The number of benzene rings is 1. The van der Waals surface area contributed by atoms with E-state index in [9.17, 15) is 0 Å². The highest BCUT2D eigenvalue weighted by molar-refractivity contribution is 6.30. The fourth-order valence-corrected chi connectivity index (χ4v) is 2.40. The molecule has 0 spiro atoms. The van der Waals surface area contributed by atoms with Crippen molar-refractivity contribution < 1.29 is 0 Å². The summed E-state index contributed by atoms with van der Waals surface area (Å²) in [6, 6.07) is 7.66. The Morgan fingerprint density at radius 1 is 1.41 bits per heavy atom. The first-order valence-electron chi connectivity index (χ1n) is 5.81. The minimum atomic E-state index is 0.607. The van der Waals surface area contributed by atoms with Crippen molar-refractivity contribution in [3.8, 4) is 6.07 Å². The molecule has 1 fully saturated rings. The summed E-state index contributed by atoms with van der Waals surface area (Å²) < 4.78 is 0. The normalized spacial score (nSPS) is 16.6. The topological polar surface area (TPSA) is 27.0 Å². The smallest absolute Gasteiger partial charge is 0.101 e. The lowest BCUT2D eigenvalue weighted by Crippen LogP contribution is -2.33. The van der Waals surface area contributed by atoms with Gasteiger partial charge in [-0.25, -0.2) is 0 Å². The zero-order chi connectivity index (χ0) is 12.3. The Balaban J connectivity index is 2.20. The first-order chi connectivity index (χ1) is 8.24. The van der Waals surface area contributed by atoms with Gasteiger partial charge in [0.1, 0.15) is 6.07 Å². The van der Waals surface area contributed by atoms with Gasteiger partial charge in [0.15, 0.2) is 0 Å². The first kappa shape index (κ1) is 12.0. The van der Waals surface area contributed by atoms with Crippen molar-refractivity contribution in [2.75, 3.05) is 18.0 Å². The van der Waals surface area contributed by atoms with E-state index in [2.05, 4.69) is 17.5 Å². The summed E-state index contributed by atoms with van der Waals surface area (Å²) in [6.45, 7) is 5.77. The number of piperidine rings is 1. The average Bonchev–Trinajstić information content (AvgIpc) is 2.39. The molecule has 17 heavy (non-hydrogen) atoms. The number of nitriles is 1. The van der Waals surface area contributed by atoms with Crippen molar-refractivity contribution in [3.05, 3.63) is 41.4 Å². The van der Waals surface area contributed by atoms with Crippen molar-refractivity contribution >= 4 is 17.3 Å². The molecule has 2 nitrogen and oxygen atoms in total. The van der Waals surface area contributed by atoms with E-state index in [-0.39, 0.29) is 0 Å². The van der Waals surface area contributed by atoms with Crippen LogP contribution >= 0.6 is 11.6 Å². The van der Waals surface area contributed by atoms with Gasteiger partial charge in [-0.15, -0.1) is 6.58 Å². The monoisotopic (exact) mass is 246 g/mol. The molecule has 2 rings (SSSR count). The van der Waals surface area contributed by atoms with Crippen LogP contribution in [0.25, 0.3) is 0 Å². The van der Waals surface area contributed by atoms with Crippen LogP contribution in [0.2, 0.25) is 5.02 Å². The van der Waals surface area contributed by atoms with Crippen LogP contribution in [0.4, 0.5) is 5.69 Å². The third-order valence-electron chi connectivity index (χ3n) is 3.29. The first-order valence-corrected chi connectivity index (χ1v) is 6.19. The summed E-state index contributed by atoms with van der Waals surface area (Å²) in [4.78, 5) is 2.24. The van der Waals surface area contributed by atoms with Crippen LogP contribution in [0.15, 0.2) is 30.9 Å². The van der Waals surface area contributed by atoms with Gasteiger partial charge in [-0.05, 0) is 37.0 Å². The van der Waals surface area contributed by atoms with Crippen LogP contribution in [0.5, 0.6) is 0 Å². The molecule has 0 saturated carbocycles. The average molecular weight is 247 g/mol. The molecule has 3 heteroatoms. The molecule has 0 amide bonds. The molecule has 1 saturated heterocycles. The quantitative estimate of drug-likeness (QED) is 0.746. The van der Waals surface area contributed by atoms with Gasteiger partial charge in [0.25, 0.3) is 0 Å². The molecule has 0 aliphatic carbocycles. The van der Waals surface area contributed by atoms with E-state index in [1.54, 1.807) is 12.1 Å². The zero-order valence-electron chi connectivity index (χ0n) is 9.69. The van der Waals surface area contributed by atoms with Gasteiger partial charge in [-0.1, -0.05) is 17.7 Å². The Hall–Kier alpha value is -1.46. The Kier molecular flexibility index (Phi) is 3.71. The summed E-state index contributed by atoms with van der Waals surface area (Å²) in [7, 11) is 0. The summed E-state index contributed by atoms with van der Waals surface area (Å²) in [5.74, 6) is 0.607. The minimum Gasteiger partial charge on any atom is -0.370 e. The Labute approximate surface area is 107 Å². The highest BCUT2D eigenvalue weighted by Crippen LogP contribution is 2.28. The lowest BCUT2D eigenvalue weighted by Gasteiger charge is -2.33. The summed E-state index contributed by atoms with van der Waals surface area (Å²) in [5.41, 5.74) is 1.66. The molecule has 1 aliphatic heterocycles. The maximum absolute atomic E-state index is 9.10. The largest absolute Gasteiger partial charge is 0.370 e. The molecule has 0 radical (unpaired) electrons. The van der Waals surface area contributed by atoms with Crippen molar-refractivity contribution in [2.45, 2.75) is 12.8 Å². The van der Waals surface area contributed by atoms with Gasteiger partial charge < -0.3 is 4.90 Å². The van der Waals surface area contributed by atoms with Crippen LogP contribution in [0, 0.1) is 17.2 Å². The standard InChI is InChI=1S/C14H15ClN2/c1-2-11-5-7-17(8-6-11)14-9-13(15)4-3-12(14)10-16/h2-4,9,11H,1,5-8H2. The van der Waals surface area contributed by atoms with Crippen LogP contribution < -0.4 is 4.90 Å². The number of anilines is 1. The maximum Gasteiger partial charge on any atom is 0.101 e. The van der Waals surface area contributed by atoms with Gasteiger partial charge in [-0.3, -0.25) is 0 Å². The molecule has 0 atom stereocenters. The van der Waals surface area contributed by atoms with Crippen LogP contribution in [0.3, 0.4) is 0 Å². The Morgan fingerprint density at radius 2 is 2.12 bits per heavy atom. The second kappa shape index (κ2) is 5.25. The second-order valence-corrected chi connectivity index (χ2v) is 4.77. The number of halogens is 1. The van der Waals surface area contributed by atoms with Gasteiger partial charge in [0.05, 0.1) is 11.3 Å². The maximum atomic E-state index is 9.10. The van der Waals surface area contributed by atoms with E-state index in [0.29, 0.717) is 16.5 Å². The molecular weight excluding hydrogens is 232 g/mol.